The van der Waals surface area contributed by atoms with Crippen molar-refractivity contribution in [2.45, 2.75) is 19.8 Å². The standard InChI is InChI=1S/C13H14F2O3/c1-3-18-12(17)9(2)11(16)13(14,15)10-7-5-4-6-8-10/h4-9H,3H2,1-2H3. The van der Waals surface area contributed by atoms with Crippen molar-refractivity contribution in [1.29, 1.82) is 0 Å². The minimum atomic E-state index is -3.69. The van der Waals surface area contributed by atoms with E-state index in [0.29, 0.717) is 0 Å². The minimum Gasteiger partial charge on any atom is -0.465 e. The maximum atomic E-state index is 13.8. The average molecular weight is 256 g/mol. The van der Waals surface area contributed by atoms with Crippen molar-refractivity contribution >= 4 is 11.8 Å². The van der Waals surface area contributed by atoms with Crippen molar-refractivity contribution in [3.63, 3.8) is 0 Å². The molecule has 0 bridgehead atoms. The second kappa shape index (κ2) is 5.71. The molecular formula is C13H14F2O3. The van der Waals surface area contributed by atoms with Gasteiger partial charge in [-0.1, -0.05) is 30.3 Å². The molecule has 0 aliphatic rings. The van der Waals surface area contributed by atoms with Crippen molar-refractivity contribution in [2.24, 2.45) is 5.92 Å². The highest BCUT2D eigenvalue weighted by molar-refractivity contribution is 6.02. The monoisotopic (exact) mass is 256 g/mol. The normalized spacial score (nSPS) is 12.9. The Labute approximate surface area is 104 Å². The summed E-state index contributed by atoms with van der Waals surface area (Å²) in [6, 6.07) is 6.68. The zero-order valence-corrected chi connectivity index (χ0v) is 10.2. The van der Waals surface area contributed by atoms with Gasteiger partial charge in [-0.3, -0.25) is 9.59 Å². The average Bonchev–Trinajstić information content (AvgIpc) is 2.38. The lowest BCUT2D eigenvalue weighted by Crippen LogP contribution is -2.35. The van der Waals surface area contributed by atoms with Crippen molar-refractivity contribution in [3.05, 3.63) is 35.9 Å². The summed E-state index contributed by atoms with van der Waals surface area (Å²) in [6.45, 7) is 2.72. The highest BCUT2D eigenvalue weighted by Crippen LogP contribution is 2.31. The van der Waals surface area contributed by atoms with Crippen LogP contribution in [0.2, 0.25) is 0 Å². The molecule has 1 aromatic rings. The van der Waals surface area contributed by atoms with Crippen molar-refractivity contribution in [3.8, 4) is 0 Å². The van der Waals surface area contributed by atoms with Crippen molar-refractivity contribution in [2.75, 3.05) is 6.61 Å². The molecule has 0 spiro atoms. The Kier molecular flexibility index (Phi) is 4.53. The predicted octanol–water partition coefficient (Wildman–Crippen LogP) is 2.55. The van der Waals surface area contributed by atoms with Crippen LogP contribution < -0.4 is 0 Å². The fourth-order valence-electron chi connectivity index (χ4n) is 1.44. The largest absolute Gasteiger partial charge is 0.465 e. The number of esters is 1. The van der Waals surface area contributed by atoms with Gasteiger partial charge in [0.2, 0.25) is 5.78 Å². The van der Waals surface area contributed by atoms with Gasteiger partial charge in [-0.25, -0.2) is 0 Å². The molecule has 0 aromatic heterocycles. The van der Waals surface area contributed by atoms with Crippen LogP contribution in [-0.2, 0) is 20.2 Å². The number of rotatable bonds is 5. The van der Waals surface area contributed by atoms with Crippen LogP contribution in [0.3, 0.4) is 0 Å². The van der Waals surface area contributed by atoms with Crippen LogP contribution in [-0.4, -0.2) is 18.4 Å². The molecule has 0 amide bonds. The highest BCUT2D eigenvalue weighted by Gasteiger charge is 2.45. The molecule has 0 aliphatic heterocycles. The van der Waals surface area contributed by atoms with E-state index in [-0.39, 0.29) is 6.61 Å². The number of benzene rings is 1. The van der Waals surface area contributed by atoms with Gasteiger partial charge in [-0.2, -0.15) is 8.78 Å². The summed E-state index contributed by atoms with van der Waals surface area (Å²) in [7, 11) is 0. The van der Waals surface area contributed by atoms with Crippen LogP contribution in [0.4, 0.5) is 8.78 Å². The Morgan fingerprint density at radius 3 is 2.33 bits per heavy atom. The summed E-state index contributed by atoms with van der Waals surface area (Å²) in [5.41, 5.74) is -0.425. The van der Waals surface area contributed by atoms with Crippen LogP contribution in [0, 0.1) is 5.92 Å². The fourth-order valence-corrected chi connectivity index (χ4v) is 1.44. The number of Topliss-reactive ketones (excluding diaryl/α,β-unsaturated/α-hetero) is 1. The molecule has 0 aliphatic carbocycles. The first-order valence-corrected chi connectivity index (χ1v) is 5.55. The second-order valence-electron chi connectivity index (χ2n) is 3.78. The predicted molar refractivity (Wildman–Crippen MR) is 61.1 cm³/mol. The summed E-state index contributed by atoms with van der Waals surface area (Å²) in [5, 5.41) is 0. The Hall–Kier alpha value is -1.78. The van der Waals surface area contributed by atoms with Crippen molar-refractivity contribution in [1.82, 2.24) is 0 Å². The molecule has 98 valence electrons. The van der Waals surface area contributed by atoms with Crippen LogP contribution in [0.25, 0.3) is 0 Å². The van der Waals surface area contributed by atoms with Gasteiger partial charge in [0, 0.05) is 5.56 Å². The number of hydrogen-bond acceptors (Lipinski definition) is 3. The molecular weight excluding hydrogens is 242 g/mol. The van der Waals surface area contributed by atoms with E-state index in [1.54, 1.807) is 13.0 Å². The van der Waals surface area contributed by atoms with E-state index in [2.05, 4.69) is 4.74 Å². The number of carbonyl (C=O) groups is 2. The third kappa shape index (κ3) is 2.91. The van der Waals surface area contributed by atoms with Gasteiger partial charge >= 0.3 is 11.9 Å². The number of hydrogen-bond donors (Lipinski definition) is 0. The Bertz CT molecular complexity index is 429. The van der Waals surface area contributed by atoms with Gasteiger partial charge in [0.25, 0.3) is 0 Å². The molecule has 0 heterocycles. The van der Waals surface area contributed by atoms with E-state index in [1.165, 1.54) is 12.1 Å². The summed E-state index contributed by atoms with van der Waals surface area (Å²) in [4.78, 5) is 22.9. The van der Waals surface area contributed by atoms with E-state index in [0.717, 1.165) is 19.1 Å². The molecule has 0 N–H and O–H groups in total. The van der Waals surface area contributed by atoms with Crippen molar-refractivity contribution < 1.29 is 23.1 Å². The van der Waals surface area contributed by atoms with E-state index < -0.39 is 29.2 Å². The topological polar surface area (TPSA) is 43.4 Å². The van der Waals surface area contributed by atoms with E-state index >= 15 is 0 Å². The Balaban J connectivity index is 2.92. The van der Waals surface area contributed by atoms with Gasteiger partial charge in [-0.05, 0) is 13.8 Å². The van der Waals surface area contributed by atoms with Crippen LogP contribution in [0.15, 0.2) is 30.3 Å². The fraction of sp³-hybridized carbons (Fsp3) is 0.385. The summed E-state index contributed by atoms with van der Waals surface area (Å²) < 4.78 is 32.2. The molecule has 1 rings (SSSR count). The van der Waals surface area contributed by atoms with Gasteiger partial charge in [0.05, 0.1) is 6.61 Å². The molecule has 1 atom stereocenters. The van der Waals surface area contributed by atoms with Crippen LogP contribution in [0.1, 0.15) is 19.4 Å². The first-order valence-electron chi connectivity index (χ1n) is 5.55. The van der Waals surface area contributed by atoms with Crippen LogP contribution >= 0.6 is 0 Å². The van der Waals surface area contributed by atoms with Gasteiger partial charge in [0.15, 0.2) is 0 Å². The van der Waals surface area contributed by atoms with Crippen LogP contribution in [0.5, 0.6) is 0 Å². The summed E-state index contributed by atoms with van der Waals surface area (Å²) >= 11 is 0. The third-order valence-corrected chi connectivity index (χ3v) is 2.48. The zero-order chi connectivity index (χ0) is 13.8. The minimum absolute atomic E-state index is 0.0490. The SMILES string of the molecule is CCOC(=O)C(C)C(=O)C(F)(F)c1ccccc1. The second-order valence-corrected chi connectivity index (χ2v) is 3.78. The summed E-state index contributed by atoms with van der Waals surface area (Å²) in [6.07, 6.45) is 0. The van der Waals surface area contributed by atoms with Gasteiger partial charge in [-0.15, -0.1) is 0 Å². The lowest BCUT2D eigenvalue weighted by Gasteiger charge is -2.18. The first kappa shape index (κ1) is 14.3. The molecule has 0 saturated heterocycles. The molecule has 1 aromatic carbocycles. The molecule has 5 heteroatoms. The molecule has 1 unspecified atom stereocenters. The maximum Gasteiger partial charge on any atom is 0.331 e. The number of carbonyl (C=O) groups excluding carboxylic acids is 2. The van der Waals surface area contributed by atoms with E-state index in [4.69, 9.17) is 0 Å². The third-order valence-electron chi connectivity index (χ3n) is 2.48. The smallest absolute Gasteiger partial charge is 0.331 e. The molecule has 0 fully saturated rings. The van der Waals surface area contributed by atoms with E-state index in [9.17, 15) is 18.4 Å². The molecule has 0 saturated carbocycles. The molecule has 18 heavy (non-hydrogen) atoms. The summed E-state index contributed by atoms with van der Waals surface area (Å²) in [5.74, 6) is -7.56. The lowest BCUT2D eigenvalue weighted by atomic mass is 9.95. The Morgan fingerprint density at radius 2 is 1.83 bits per heavy atom. The van der Waals surface area contributed by atoms with E-state index in [1.807, 2.05) is 0 Å². The zero-order valence-electron chi connectivity index (χ0n) is 10.2. The highest BCUT2D eigenvalue weighted by atomic mass is 19.3. The maximum absolute atomic E-state index is 13.8. The number of ether oxygens (including phenoxy) is 1. The first-order chi connectivity index (χ1) is 8.41. The quantitative estimate of drug-likeness (QED) is 0.600. The molecule has 3 nitrogen and oxygen atoms in total. The van der Waals surface area contributed by atoms with Gasteiger partial charge in [0.1, 0.15) is 5.92 Å². The number of ketones is 1. The lowest BCUT2D eigenvalue weighted by molar-refractivity contribution is -0.161. The Morgan fingerprint density at radius 1 is 1.28 bits per heavy atom. The number of halogens is 2. The molecule has 0 radical (unpaired) electrons. The van der Waals surface area contributed by atoms with Gasteiger partial charge < -0.3 is 4.74 Å². The number of alkyl halides is 2.